The summed E-state index contributed by atoms with van der Waals surface area (Å²) in [6.07, 6.45) is 13.3. The standard InChI is InChI=1S/C42H48Cl2N2O8.C29H29Cl2NO4.CH4/c43-34-21-29(26-53-42(17-18-42)33-22-45-19-16-31(33)32-11-5-6-12-38(32)54-30-14-15-30)35(44)20-28(34)10-4-7-13-39(50)46(23-27-8-2-1-3-9-27)24-36(48)40(51)41(52)37(49)25-47;30-25-16-20(26(31)15-19(25)5-1-4-8-28(33)34)18-35-29(12-13-29)24-17-32-14-11-22(24)23-6-2-3-7-27(23)36-21-9-10-21;/h1-3,5-6,8-9,11-12,16,19-22,30,36-37,40-41,47-49,51-52H,4,7,10,13-15,17-18,23-26H2;2-3,6-7,11,14-17,21H,1,4-5,8-10,12-13,18H2,(H,33,34);1H4/t36-,37+,40+,41+;;/m0../s1. The highest BCUT2D eigenvalue weighted by molar-refractivity contribution is 6.34. The molecule has 2 aromatic heterocycles. The van der Waals surface area contributed by atoms with Crippen LogP contribution in [0.5, 0.6) is 11.5 Å². The van der Waals surface area contributed by atoms with Crippen LogP contribution in [0.2, 0.25) is 20.1 Å². The molecule has 0 radical (unpaired) electrons. The Hall–Kier alpha value is -6.18. The molecule has 1 amide bonds. The van der Waals surface area contributed by atoms with Crippen LogP contribution in [-0.2, 0) is 62.9 Å². The summed E-state index contributed by atoms with van der Waals surface area (Å²) >= 11 is 26.7. The predicted molar refractivity (Wildman–Crippen MR) is 353 cm³/mol. The molecular weight excluding hydrogens is 1240 g/mol. The molecule has 91 heavy (non-hydrogen) atoms. The predicted octanol–water partition coefficient (Wildman–Crippen LogP) is 14.2. The second kappa shape index (κ2) is 32.1. The number of ether oxygens (including phenoxy) is 4. The highest BCUT2D eigenvalue weighted by Gasteiger charge is 2.49. The van der Waals surface area contributed by atoms with Gasteiger partial charge in [-0.25, -0.2) is 0 Å². The number of carboxylic acids is 1. The lowest BCUT2D eigenvalue weighted by Crippen LogP contribution is -2.50. The maximum absolute atomic E-state index is 13.4. The van der Waals surface area contributed by atoms with Crippen molar-refractivity contribution >= 4 is 58.3 Å². The van der Waals surface area contributed by atoms with E-state index in [1.165, 1.54) is 4.90 Å². The topological polar surface area (TPSA) is 221 Å². The molecule has 0 spiro atoms. The first-order valence-corrected chi connectivity index (χ1v) is 32.5. The van der Waals surface area contributed by atoms with Gasteiger partial charge in [0, 0.05) is 93.1 Å². The van der Waals surface area contributed by atoms with E-state index in [-0.39, 0.29) is 52.0 Å². The Balaban J connectivity index is 0.000000230. The number of pyridine rings is 2. The molecule has 2 heterocycles. The lowest BCUT2D eigenvalue weighted by atomic mass is 9.96. The summed E-state index contributed by atoms with van der Waals surface area (Å²) < 4.78 is 25.6. The number of aliphatic hydroxyl groups is 5. The molecule has 15 nitrogen and oxygen atoms in total. The van der Waals surface area contributed by atoms with Crippen molar-refractivity contribution in [2.45, 2.75) is 178 Å². The molecule has 4 atom stereocenters. The molecule has 4 fully saturated rings. The second-order valence-electron chi connectivity index (χ2n) is 24.0. The fourth-order valence-electron chi connectivity index (χ4n) is 11.1. The number of nitrogens with zero attached hydrogens (tertiary/aromatic N) is 3. The third-order valence-electron chi connectivity index (χ3n) is 16.9. The second-order valence-corrected chi connectivity index (χ2v) is 25.6. The van der Waals surface area contributed by atoms with E-state index in [0.29, 0.717) is 64.9 Å². The summed E-state index contributed by atoms with van der Waals surface area (Å²) in [4.78, 5) is 34.4. The minimum atomic E-state index is -1.78. The molecular formula is C72H81Cl4N3O12. The van der Waals surface area contributed by atoms with Gasteiger partial charge in [0.2, 0.25) is 5.91 Å². The number of amides is 1. The van der Waals surface area contributed by atoms with Crippen molar-refractivity contribution in [2.24, 2.45) is 0 Å². The number of hydrogen-bond donors (Lipinski definition) is 6. The molecule has 0 bridgehead atoms. The van der Waals surface area contributed by atoms with Gasteiger partial charge in [0.15, 0.2) is 0 Å². The van der Waals surface area contributed by atoms with Crippen LogP contribution in [0.25, 0.3) is 22.3 Å². The van der Waals surface area contributed by atoms with Gasteiger partial charge in [-0.05, 0) is 177 Å². The number of aryl methyl sites for hydroxylation is 2. The van der Waals surface area contributed by atoms with Crippen molar-refractivity contribution in [3.05, 3.63) is 199 Å². The Bertz CT molecular complexity index is 3560. The third kappa shape index (κ3) is 18.6. The average Bonchev–Trinajstić information content (AvgIpc) is 1.62. The highest BCUT2D eigenvalue weighted by Crippen LogP contribution is 2.55. The SMILES string of the molecule is C.O=C(CCCCc1cc(Cl)c(COC2(c3cnccc3-c3ccccc3OC3CC3)CC2)cc1Cl)N(Cc1ccccc1)C[C@H](O)[C@@H](O)[C@H](O)[C@H](O)CO.O=C(O)CCCCc1cc(Cl)c(COC2(c3cnccc3-c3ccccc3OC3CC3)CC2)cc1Cl. The molecule has 4 aliphatic rings. The number of unbranched alkanes of at least 4 members (excludes halogenated alkanes) is 2. The van der Waals surface area contributed by atoms with Crippen molar-refractivity contribution in [1.82, 2.24) is 14.9 Å². The summed E-state index contributed by atoms with van der Waals surface area (Å²) in [7, 11) is 0. The lowest BCUT2D eigenvalue weighted by Gasteiger charge is -2.30. The Morgan fingerprint density at radius 2 is 0.978 bits per heavy atom. The van der Waals surface area contributed by atoms with Gasteiger partial charge in [0.25, 0.3) is 0 Å². The minimum Gasteiger partial charge on any atom is -0.490 e. The molecule has 5 aromatic carbocycles. The number of carboxylic acid groups (broad SMARTS) is 1. The number of aliphatic hydroxyl groups excluding tert-OH is 5. The molecule has 19 heteroatoms. The van der Waals surface area contributed by atoms with Gasteiger partial charge in [0.1, 0.15) is 35.9 Å². The Morgan fingerprint density at radius 1 is 0.549 bits per heavy atom. The van der Waals surface area contributed by atoms with Crippen molar-refractivity contribution in [3.8, 4) is 33.8 Å². The van der Waals surface area contributed by atoms with Crippen LogP contribution in [0.3, 0.4) is 0 Å². The van der Waals surface area contributed by atoms with Crippen molar-refractivity contribution < 1.29 is 59.2 Å². The van der Waals surface area contributed by atoms with Crippen molar-refractivity contribution in [2.75, 3.05) is 13.2 Å². The summed E-state index contributed by atoms with van der Waals surface area (Å²) in [5.41, 5.74) is 9.64. The summed E-state index contributed by atoms with van der Waals surface area (Å²) in [6, 6.07) is 37.0. The van der Waals surface area contributed by atoms with Crippen LogP contribution in [0.1, 0.15) is 136 Å². The molecule has 6 N–H and O–H groups in total. The van der Waals surface area contributed by atoms with Gasteiger partial charge in [-0.3, -0.25) is 19.6 Å². The van der Waals surface area contributed by atoms with Crippen molar-refractivity contribution in [1.29, 1.82) is 0 Å². The van der Waals surface area contributed by atoms with Crippen LogP contribution < -0.4 is 9.47 Å². The zero-order valence-electron chi connectivity index (χ0n) is 50.1. The third-order valence-corrected chi connectivity index (χ3v) is 18.3. The van der Waals surface area contributed by atoms with Gasteiger partial charge in [-0.2, -0.15) is 0 Å². The minimum absolute atomic E-state index is 0. The molecule has 0 aliphatic heterocycles. The molecule has 4 aliphatic carbocycles. The largest absolute Gasteiger partial charge is 0.490 e. The van der Waals surface area contributed by atoms with Crippen molar-refractivity contribution in [3.63, 3.8) is 0 Å². The van der Waals surface area contributed by atoms with E-state index in [9.17, 15) is 30.0 Å². The first kappa shape index (κ1) is 69.2. The van der Waals surface area contributed by atoms with Gasteiger partial charge in [0.05, 0.1) is 43.2 Å². The van der Waals surface area contributed by atoms with Crippen LogP contribution in [-0.4, -0.2) is 107 Å². The van der Waals surface area contributed by atoms with Crippen LogP contribution >= 0.6 is 46.4 Å². The van der Waals surface area contributed by atoms with Gasteiger partial charge < -0.3 is 54.5 Å². The highest BCUT2D eigenvalue weighted by atomic mass is 35.5. The number of para-hydroxylation sites is 2. The summed E-state index contributed by atoms with van der Waals surface area (Å²) in [6.45, 7) is -0.273. The Morgan fingerprint density at radius 3 is 1.43 bits per heavy atom. The number of benzene rings is 5. The fourth-order valence-corrected chi connectivity index (χ4v) is 12.1. The number of hydrogen-bond acceptors (Lipinski definition) is 13. The van der Waals surface area contributed by atoms with Gasteiger partial charge in [-0.15, -0.1) is 0 Å². The van der Waals surface area contributed by atoms with Gasteiger partial charge in [-0.1, -0.05) is 121 Å². The number of aromatic nitrogens is 2. The zero-order valence-corrected chi connectivity index (χ0v) is 53.1. The molecule has 4 saturated carbocycles. The lowest BCUT2D eigenvalue weighted by molar-refractivity contribution is -0.140. The van der Waals surface area contributed by atoms with E-state index in [1.54, 1.807) is 6.20 Å². The number of carbonyl (C=O) groups is 2. The van der Waals surface area contributed by atoms with Crippen LogP contribution in [0.15, 0.2) is 140 Å². The van der Waals surface area contributed by atoms with E-state index in [0.717, 1.165) is 130 Å². The van der Waals surface area contributed by atoms with E-state index in [2.05, 4.69) is 22.1 Å². The van der Waals surface area contributed by atoms with E-state index >= 15 is 0 Å². The zero-order chi connectivity index (χ0) is 63.4. The number of halogens is 4. The monoisotopic (exact) mass is 1320 g/mol. The first-order valence-electron chi connectivity index (χ1n) is 31.0. The smallest absolute Gasteiger partial charge is 0.303 e. The summed E-state index contributed by atoms with van der Waals surface area (Å²) in [5.74, 6) is 0.741. The van der Waals surface area contributed by atoms with Crippen LogP contribution in [0.4, 0.5) is 0 Å². The molecule has 7 aromatic rings. The summed E-state index contributed by atoms with van der Waals surface area (Å²) in [5, 5.41) is 61.1. The first-order chi connectivity index (χ1) is 43.5. The molecule has 11 rings (SSSR count). The van der Waals surface area contributed by atoms with Crippen LogP contribution in [0, 0.1) is 0 Å². The maximum Gasteiger partial charge on any atom is 0.303 e. The molecule has 484 valence electrons. The Kier molecular flexibility index (Phi) is 24.4. The molecule has 0 unspecified atom stereocenters. The quantitative estimate of drug-likeness (QED) is 0.0216. The normalized spacial score (nSPS) is 16.5. The number of rotatable bonds is 32. The van der Waals surface area contributed by atoms with E-state index in [1.807, 2.05) is 122 Å². The molecule has 0 saturated heterocycles. The maximum atomic E-state index is 13.4. The van der Waals surface area contributed by atoms with E-state index in [4.69, 9.17) is 75.6 Å². The Labute approximate surface area is 552 Å². The van der Waals surface area contributed by atoms with Gasteiger partial charge >= 0.3 is 5.97 Å². The number of carbonyl (C=O) groups excluding carboxylic acids is 1. The fraction of sp³-hybridized carbons (Fsp3) is 0.417. The number of aliphatic carboxylic acids is 1. The van der Waals surface area contributed by atoms with E-state index < -0.39 is 48.2 Å². The average molecular weight is 1320 g/mol.